The summed E-state index contributed by atoms with van der Waals surface area (Å²) in [5, 5.41) is 8.53. The first kappa shape index (κ1) is 20.0. The molecule has 3 heterocycles. The lowest BCUT2D eigenvalue weighted by Gasteiger charge is -2.11. The second-order valence-corrected chi connectivity index (χ2v) is 8.54. The molecule has 0 bridgehead atoms. The summed E-state index contributed by atoms with van der Waals surface area (Å²) in [5.41, 5.74) is 0.789. The molecule has 0 saturated heterocycles. The van der Waals surface area contributed by atoms with Crippen molar-refractivity contribution in [2.45, 2.75) is 26.9 Å². The fraction of sp³-hybridized carbons (Fsp3) is 0.350. The summed E-state index contributed by atoms with van der Waals surface area (Å²) in [6.07, 6.45) is 0. The standard InChI is InChI=1S/C20H21N5O4S/c1-11(2)9-24-18-16(17(26)23(3)20(24)28)15(19(27)29-4)14(30-18)10-25-13-8-6-5-7-12(13)21-22-25/h5-8,11H,9-10H2,1-4H3. The van der Waals surface area contributed by atoms with Gasteiger partial charge in [0.15, 0.2) is 0 Å². The Morgan fingerprint density at radius 1 is 1.23 bits per heavy atom. The number of ether oxygens (including phenoxy) is 1. The number of rotatable bonds is 5. The van der Waals surface area contributed by atoms with Crippen molar-refractivity contribution in [2.24, 2.45) is 13.0 Å². The van der Waals surface area contributed by atoms with Crippen molar-refractivity contribution in [1.29, 1.82) is 0 Å². The van der Waals surface area contributed by atoms with E-state index in [1.54, 1.807) is 9.25 Å². The number of benzene rings is 1. The fourth-order valence-corrected chi connectivity index (χ4v) is 4.76. The van der Waals surface area contributed by atoms with Crippen LogP contribution in [0.3, 0.4) is 0 Å². The SMILES string of the molecule is COC(=O)c1c(Cn2nnc3ccccc32)sc2c1c(=O)n(C)c(=O)n2CC(C)C. The van der Waals surface area contributed by atoms with Gasteiger partial charge in [-0.05, 0) is 18.1 Å². The van der Waals surface area contributed by atoms with E-state index in [1.165, 1.54) is 25.5 Å². The minimum Gasteiger partial charge on any atom is -0.465 e. The van der Waals surface area contributed by atoms with Crippen molar-refractivity contribution in [1.82, 2.24) is 24.1 Å². The lowest BCUT2D eigenvalue weighted by Crippen LogP contribution is -2.38. The van der Waals surface area contributed by atoms with E-state index in [0.29, 0.717) is 16.3 Å². The van der Waals surface area contributed by atoms with Gasteiger partial charge in [-0.1, -0.05) is 31.2 Å². The predicted molar refractivity (Wildman–Crippen MR) is 114 cm³/mol. The third-order valence-electron chi connectivity index (χ3n) is 4.89. The van der Waals surface area contributed by atoms with Gasteiger partial charge in [0, 0.05) is 18.5 Å². The molecule has 156 valence electrons. The van der Waals surface area contributed by atoms with Crippen LogP contribution >= 0.6 is 11.3 Å². The van der Waals surface area contributed by atoms with Crippen LogP contribution in [0.2, 0.25) is 0 Å². The predicted octanol–water partition coefficient (Wildman–Crippen LogP) is 2.00. The number of methoxy groups -OCH3 is 1. The lowest BCUT2D eigenvalue weighted by atomic mass is 10.1. The molecule has 0 aliphatic heterocycles. The number of aromatic nitrogens is 5. The van der Waals surface area contributed by atoms with E-state index < -0.39 is 17.2 Å². The van der Waals surface area contributed by atoms with Gasteiger partial charge < -0.3 is 4.74 Å². The highest BCUT2D eigenvalue weighted by Crippen LogP contribution is 2.31. The summed E-state index contributed by atoms with van der Waals surface area (Å²) >= 11 is 1.24. The molecule has 3 aromatic heterocycles. The summed E-state index contributed by atoms with van der Waals surface area (Å²) in [6, 6.07) is 7.48. The van der Waals surface area contributed by atoms with Crippen LogP contribution in [-0.4, -0.2) is 37.2 Å². The minimum atomic E-state index is -0.618. The zero-order chi connectivity index (χ0) is 21.6. The highest BCUT2D eigenvalue weighted by Gasteiger charge is 2.27. The molecule has 0 radical (unpaired) electrons. The Hall–Kier alpha value is -3.27. The number of hydrogen-bond donors (Lipinski definition) is 0. The van der Waals surface area contributed by atoms with E-state index in [1.807, 2.05) is 38.1 Å². The lowest BCUT2D eigenvalue weighted by molar-refractivity contribution is 0.0602. The molecule has 0 atom stereocenters. The molecule has 0 N–H and O–H groups in total. The number of fused-ring (bicyclic) bond motifs is 2. The Morgan fingerprint density at radius 3 is 2.67 bits per heavy atom. The largest absolute Gasteiger partial charge is 0.465 e. The Balaban J connectivity index is 2.02. The number of thiophene rings is 1. The third-order valence-corrected chi connectivity index (χ3v) is 6.09. The van der Waals surface area contributed by atoms with E-state index >= 15 is 0 Å². The fourth-order valence-electron chi connectivity index (χ4n) is 3.50. The van der Waals surface area contributed by atoms with Crippen LogP contribution in [0.15, 0.2) is 33.9 Å². The van der Waals surface area contributed by atoms with Gasteiger partial charge in [-0.25, -0.2) is 14.3 Å². The minimum absolute atomic E-state index is 0.176. The van der Waals surface area contributed by atoms with Crippen molar-refractivity contribution < 1.29 is 9.53 Å². The zero-order valence-corrected chi connectivity index (χ0v) is 17.9. The van der Waals surface area contributed by atoms with Gasteiger partial charge in [-0.3, -0.25) is 13.9 Å². The molecule has 4 rings (SSSR count). The molecule has 0 spiro atoms. The van der Waals surface area contributed by atoms with Crippen molar-refractivity contribution >= 4 is 38.6 Å². The van der Waals surface area contributed by atoms with Gasteiger partial charge in [0.1, 0.15) is 10.3 Å². The molecule has 0 aliphatic rings. The first-order valence-corrected chi connectivity index (χ1v) is 10.3. The van der Waals surface area contributed by atoms with Crippen molar-refractivity contribution in [3.63, 3.8) is 0 Å². The Bertz CT molecular complexity index is 1390. The van der Waals surface area contributed by atoms with Crippen LogP contribution in [0, 0.1) is 5.92 Å². The summed E-state index contributed by atoms with van der Waals surface area (Å²) in [5.74, 6) is -0.442. The zero-order valence-electron chi connectivity index (χ0n) is 17.1. The van der Waals surface area contributed by atoms with E-state index in [-0.39, 0.29) is 23.4 Å². The van der Waals surface area contributed by atoms with Crippen LogP contribution in [0.1, 0.15) is 29.1 Å². The molecule has 9 nitrogen and oxygen atoms in total. The van der Waals surface area contributed by atoms with Gasteiger partial charge in [0.25, 0.3) is 5.56 Å². The molecule has 0 fully saturated rings. The van der Waals surface area contributed by atoms with Crippen LogP contribution in [0.25, 0.3) is 21.3 Å². The van der Waals surface area contributed by atoms with E-state index in [4.69, 9.17) is 4.74 Å². The highest BCUT2D eigenvalue weighted by atomic mass is 32.1. The van der Waals surface area contributed by atoms with Crippen LogP contribution in [-0.2, 0) is 24.9 Å². The van der Waals surface area contributed by atoms with Crippen LogP contribution in [0.4, 0.5) is 0 Å². The second kappa shape index (κ2) is 7.52. The maximum Gasteiger partial charge on any atom is 0.339 e. The smallest absolute Gasteiger partial charge is 0.339 e. The monoisotopic (exact) mass is 427 g/mol. The molecular formula is C20H21N5O4S. The Kier molecular flexibility index (Phi) is 5.02. The van der Waals surface area contributed by atoms with Gasteiger partial charge in [-0.15, -0.1) is 16.4 Å². The molecule has 1 aromatic carbocycles. The molecule has 0 unspecified atom stereocenters. The number of esters is 1. The van der Waals surface area contributed by atoms with Gasteiger partial charge >= 0.3 is 11.7 Å². The number of para-hydroxylation sites is 1. The maximum atomic E-state index is 13.0. The first-order chi connectivity index (χ1) is 14.3. The Morgan fingerprint density at radius 2 is 1.97 bits per heavy atom. The quantitative estimate of drug-likeness (QED) is 0.452. The Labute approximate surface area is 175 Å². The number of carbonyl (C=O) groups excluding carboxylic acids is 1. The molecular weight excluding hydrogens is 406 g/mol. The van der Waals surface area contributed by atoms with E-state index in [2.05, 4.69) is 10.3 Å². The van der Waals surface area contributed by atoms with Gasteiger partial charge in [0.2, 0.25) is 0 Å². The molecule has 0 saturated carbocycles. The first-order valence-electron chi connectivity index (χ1n) is 9.45. The molecule has 4 aromatic rings. The molecule has 0 aliphatic carbocycles. The topological polar surface area (TPSA) is 101 Å². The molecule has 10 heteroatoms. The van der Waals surface area contributed by atoms with Crippen molar-refractivity contribution in [2.75, 3.05) is 7.11 Å². The summed E-state index contributed by atoms with van der Waals surface area (Å²) in [7, 11) is 2.69. The maximum absolute atomic E-state index is 13.0. The number of carbonyl (C=O) groups is 1. The van der Waals surface area contributed by atoms with Crippen LogP contribution < -0.4 is 11.2 Å². The second-order valence-electron chi connectivity index (χ2n) is 7.46. The summed E-state index contributed by atoms with van der Waals surface area (Å²) < 4.78 is 9.25. The van der Waals surface area contributed by atoms with Crippen molar-refractivity contribution in [3.05, 3.63) is 55.5 Å². The van der Waals surface area contributed by atoms with Crippen molar-refractivity contribution in [3.8, 4) is 0 Å². The average molecular weight is 427 g/mol. The van der Waals surface area contributed by atoms with E-state index in [0.717, 1.165) is 15.6 Å². The summed E-state index contributed by atoms with van der Waals surface area (Å²) in [4.78, 5) is 39.5. The van der Waals surface area contributed by atoms with Crippen LogP contribution in [0.5, 0.6) is 0 Å². The number of nitrogens with zero attached hydrogens (tertiary/aromatic N) is 5. The molecule has 30 heavy (non-hydrogen) atoms. The van der Waals surface area contributed by atoms with E-state index in [9.17, 15) is 14.4 Å². The molecule has 0 amide bonds. The third kappa shape index (κ3) is 3.13. The normalized spacial score (nSPS) is 11.6. The van der Waals surface area contributed by atoms with Gasteiger partial charge in [-0.2, -0.15) is 0 Å². The van der Waals surface area contributed by atoms with Gasteiger partial charge in [0.05, 0.1) is 30.1 Å². The average Bonchev–Trinajstić information content (AvgIpc) is 3.31. The highest BCUT2D eigenvalue weighted by molar-refractivity contribution is 7.19. The number of hydrogen-bond acceptors (Lipinski definition) is 7. The summed E-state index contributed by atoms with van der Waals surface area (Å²) in [6.45, 7) is 4.63.